The molecule has 4 N–H and O–H groups in total. The van der Waals surface area contributed by atoms with Gasteiger partial charge < -0.3 is 15.9 Å². The van der Waals surface area contributed by atoms with Crippen LogP contribution in [0.5, 0.6) is 0 Å². The summed E-state index contributed by atoms with van der Waals surface area (Å²) in [6, 6.07) is 6.32. The third kappa shape index (κ3) is 1.54. The van der Waals surface area contributed by atoms with Gasteiger partial charge in [0.15, 0.2) is 6.10 Å². The highest BCUT2D eigenvalue weighted by Gasteiger charge is 2.17. The summed E-state index contributed by atoms with van der Waals surface area (Å²) in [6.45, 7) is 0. The Labute approximate surface area is 69.3 Å². The van der Waals surface area contributed by atoms with Crippen molar-refractivity contribution in [1.29, 1.82) is 0 Å². The minimum absolute atomic E-state index is 0.227. The standard InChI is InChI=1S/C8H9NO3/c9-6-4-2-1-3-5(6)7(10)8(11)12/h1-4,7,10H,9H2,(H,11,12)/t7-/m1/s1. The SMILES string of the molecule is Nc1ccccc1[C@@H](O)C(=O)O. The lowest BCUT2D eigenvalue weighted by atomic mass is 10.1. The Kier molecular flexibility index (Phi) is 2.30. The van der Waals surface area contributed by atoms with E-state index in [9.17, 15) is 4.79 Å². The van der Waals surface area contributed by atoms with Crippen LogP contribution in [-0.4, -0.2) is 16.2 Å². The molecule has 0 aliphatic heterocycles. The maximum Gasteiger partial charge on any atom is 0.337 e. The van der Waals surface area contributed by atoms with Crippen molar-refractivity contribution >= 4 is 11.7 Å². The van der Waals surface area contributed by atoms with Crippen molar-refractivity contribution in [3.8, 4) is 0 Å². The van der Waals surface area contributed by atoms with E-state index < -0.39 is 12.1 Å². The quantitative estimate of drug-likeness (QED) is 0.556. The van der Waals surface area contributed by atoms with Crippen LogP contribution >= 0.6 is 0 Å². The first-order valence-electron chi connectivity index (χ1n) is 3.38. The number of aliphatic hydroxyl groups is 1. The molecule has 0 unspecified atom stereocenters. The first-order chi connectivity index (χ1) is 5.63. The van der Waals surface area contributed by atoms with Gasteiger partial charge >= 0.3 is 5.97 Å². The highest BCUT2D eigenvalue weighted by atomic mass is 16.4. The molecule has 0 aromatic heterocycles. The van der Waals surface area contributed by atoms with E-state index in [0.29, 0.717) is 0 Å². The molecule has 64 valence electrons. The maximum atomic E-state index is 10.3. The molecule has 1 aromatic carbocycles. The highest BCUT2D eigenvalue weighted by molar-refractivity contribution is 5.76. The summed E-state index contributed by atoms with van der Waals surface area (Å²) in [5.74, 6) is -1.30. The second-order valence-corrected chi connectivity index (χ2v) is 2.37. The lowest BCUT2D eigenvalue weighted by Crippen LogP contribution is -2.12. The fourth-order valence-electron chi connectivity index (χ4n) is 0.893. The molecule has 0 fully saturated rings. The lowest BCUT2D eigenvalue weighted by molar-refractivity contribution is -0.146. The maximum absolute atomic E-state index is 10.3. The number of para-hydroxylation sites is 1. The number of anilines is 1. The fraction of sp³-hybridized carbons (Fsp3) is 0.125. The van der Waals surface area contributed by atoms with E-state index >= 15 is 0 Å². The molecule has 0 amide bonds. The number of aliphatic carboxylic acids is 1. The Morgan fingerprint density at radius 3 is 2.50 bits per heavy atom. The van der Waals surface area contributed by atoms with Crippen molar-refractivity contribution in [2.45, 2.75) is 6.10 Å². The molecule has 0 radical (unpaired) electrons. The van der Waals surface area contributed by atoms with Gasteiger partial charge in [-0.15, -0.1) is 0 Å². The summed E-state index contributed by atoms with van der Waals surface area (Å²) < 4.78 is 0. The van der Waals surface area contributed by atoms with E-state index in [0.717, 1.165) is 0 Å². The van der Waals surface area contributed by atoms with E-state index in [1.807, 2.05) is 0 Å². The lowest BCUT2D eigenvalue weighted by Gasteiger charge is -2.07. The normalized spacial score (nSPS) is 12.4. The van der Waals surface area contributed by atoms with Gasteiger partial charge in [0, 0.05) is 11.3 Å². The second kappa shape index (κ2) is 3.23. The predicted molar refractivity (Wildman–Crippen MR) is 43.5 cm³/mol. The Morgan fingerprint density at radius 2 is 2.00 bits per heavy atom. The number of hydrogen-bond acceptors (Lipinski definition) is 3. The summed E-state index contributed by atoms with van der Waals surface area (Å²) in [4.78, 5) is 10.3. The molecule has 1 aromatic rings. The van der Waals surface area contributed by atoms with Gasteiger partial charge in [0.1, 0.15) is 0 Å². The van der Waals surface area contributed by atoms with Gasteiger partial charge in [-0.3, -0.25) is 0 Å². The number of benzene rings is 1. The molecule has 0 saturated carbocycles. The zero-order valence-corrected chi connectivity index (χ0v) is 6.27. The monoisotopic (exact) mass is 167 g/mol. The number of carboxylic acid groups (broad SMARTS) is 1. The van der Waals surface area contributed by atoms with Gasteiger partial charge in [-0.25, -0.2) is 4.79 Å². The summed E-state index contributed by atoms with van der Waals surface area (Å²) in [7, 11) is 0. The molecular weight excluding hydrogens is 158 g/mol. The number of aliphatic hydroxyl groups excluding tert-OH is 1. The van der Waals surface area contributed by atoms with Crippen LogP contribution in [0.1, 0.15) is 11.7 Å². The van der Waals surface area contributed by atoms with Crippen LogP contribution in [0.15, 0.2) is 24.3 Å². The molecule has 0 heterocycles. The topological polar surface area (TPSA) is 83.5 Å². The highest BCUT2D eigenvalue weighted by Crippen LogP contribution is 2.19. The number of hydrogen-bond donors (Lipinski definition) is 3. The summed E-state index contributed by atoms with van der Waals surface area (Å²) in [5.41, 5.74) is 5.95. The van der Waals surface area contributed by atoms with Crippen molar-refractivity contribution in [1.82, 2.24) is 0 Å². The molecule has 4 heteroatoms. The molecule has 1 atom stereocenters. The molecule has 0 bridgehead atoms. The number of nitrogens with two attached hydrogens (primary N) is 1. The van der Waals surface area contributed by atoms with Crippen molar-refractivity contribution in [3.05, 3.63) is 29.8 Å². The Bertz CT molecular complexity index is 298. The third-order valence-corrected chi connectivity index (χ3v) is 1.52. The molecular formula is C8H9NO3. The van der Waals surface area contributed by atoms with Gasteiger partial charge in [0.2, 0.25) is 0 Å². The molecule has 0 saturated heterocycles. The minimum atomic E-state index is -1.54. The minimum Gasteiger partial charge on any atom is -0.479 e. The zero-order chi connectivity index (χ0) is 9.14. The van der Waals surface area contributed by atoms with Crippen LogP contribution < -0.4 is 5.73 Å². The largest absolute Gasteiger partial charge is 0.479 e. The van der Waals surface area contributed by atoms with E-state index in [1.54, 1.807) is 18.2 Å². The van der Waals surface area contributed by atoms with Crippen LogP contribution in [0.4, 0.5) is 5.69 Å². The van der Waals surface area contributed by atoms with E-state index in [1.165, 1.54) is 6.07 Å². The van der Waals surface area contributed by atoms with E-state index in [2.05, 4.69) is 0 Å². The fourth-order valence-corrected chi connectivity index (χ4v) is 0.893. The van der Waals surface area contributed by atoms with Gasteiger partial charge in [0.05, 0.1) is 0 Å². The van der Waals surface area contributed by atoms with Crippen LogP contribution in [0, 0.1) is 0 Å². The number of nitrogen functional groups attached to an aromatic ring is 1. The summed E-state index contributed by atoms with van der Waals surface area (Å²) in [6.07, 6.45) is -1.54. The van der Waals surface area contributed by atoms with E-state index in [4.69, 9.17) is 15.9 Å². The molecule has 4 nitrogen and oxygen atoms in total. The smallest absolute Gasteiger partial charge is 0.337 e. The van der Waals surface area contributed by atoms with Gasteiger partial charge in [-0.1, -0.05) is 18.2 Å². The number of carboxylic acids is 1. The summed E-state index contributed by atoms with van der Waals surface area (Å²) in [5, 5.41) is 17.6. The van der Waals surface area contributed by atoms with Crippen LogP contribution in [0.2, 0.25) is 0 Å². The zero-order valence-electron chi connectivity index (χ0n) is 6.27. The first kappa shape index (κ1) is 8.55. The first-order valence-corrected chi connectivity index (χ1v) is 3.38. The molecule has 0 spiro atoms. The van der Waals surface area contributed by atoms with Crippen LogP contribution in [-0.2, 0) is 4.79 Å². The van der Waals surface area contributed by atoms with Crippen LogP contribution in [0.3, 0.4) is 0 Å². The predicted octanol–water partition coefficient (Wildman–Crippen LogP) is 0.387. The second-order valence-electron chi connectivity index (χ2n) is 2.37. The van der Waals surface area contributed by atoms with Gasteiger partial charge in [0.25, 0.3) is 0 Å². The average molecular weight is 167 g/mol. The van der Waals surface area contributed by atoms with E-state index in [-0.39, 0.29) is 11.3 Å². The molecule has 12 heavy (non-hydrogen) atoms. The Morgan fingerprint density at radius 1 is 1.42 bits per heavy atom. The summed E-state index contributed by atoms with van der Waals surface area (Å²) >= 11 is 0. The Balaban J connectivity index is 3.02. The van der Waals surface area contributed by atoms with Gasteiger partial charge in [-0.05, 0) is 6.07 Å². The van der Waals surface area contributed by atoms with Gasteiger partial charge in [-0.2, -0.15) is 0 Å². The van der Waals surface area contributed by atoms with Crippen molar-refractivity contribution < 1.29 is 15.0 Å². The molecule has 0 aliphatic carbocycles. The molecule has 0 aliphatic rings. The van der Waals surface area contributed by atoms with Crippen molar-refractivity contribution in [2.24, 2.45) is 0 Å². The molecule has 1 rings (SSSR count). The van der Waals surface area contributed by atoms with Crippen LogP contribution in [0.25, 0.3) is 0 Å². The number of rotatable bonds is 2. The number of carbonyl (C=O) groups is 1. The third-order valence-electron chi connectivity index (χ3n) is 1.52. The van der Waals surface area contributed by atoms with Crippen molar-refractivity contribution in [2.75, 3.05) is 5.73 Å². The average Bonchev–Trinajstić information content (AvgIpc) is 2.04. The van der Waals surface area contributed by atoms with Crippen molar-refractivity contribution in [3.63, 3.8) is 0 Å². The Hall–Kier alpha value is -1.55.